The van der Waals surface area contributed by atoms with Crippen LogP contribution in [0.2, 0.25) is 0 Å². The van der Waals surface area contributed by atoms with Gasteiger partial charge in [-0.3, -0.25) is 4.90 Å². The first-order chi connectivity index (χ1) is 9.02. The third-order valence-electron chi connectivity index (χ3n) is 5.54. The van der Waals surface area contributed by atoms with Gasteiger partial charge in [0.2, 0.25) is 0 Å². The summed E-state index contributed by atoms with van der Waals surface area (Å²) in [5, 5.41) is 10.3. The summed E-state index contributed by atoms with van der Waals surface area (Å²) in [6.45, 7) is 1.98. The van der Waals surface area contributed by atoms with Gasteiger partial charge in [0, 0.05) is 18.6 Å². The lowest BCUT2D eigenvalue weighted by Crippen LogP contribution is -2.50. The molecule has 0 radical (unpaired) electrons. The Hall–Kier alpha value is -0.130. The van der Waals surface area contributed by atoms with Gasteiger partial charge in [0.05, 0.1) is 17.6 Å². The molecular weight excluding hydrogens is 262 g/mol. The number of hydrogen-bond acceptors (Lipinski definition) is 4. The lowest BCUT2D eigenvalue weighted by atomic mass is 9.90. The van der Waals surface area contributed by atoms with Gasteiger partial charge in [0.1, 0.15) is 9.84 Å². The highest BCUT2D eigenvalue weighted by molar-refractivity contribution is 7.91. The molecule has 19 heavy (non-hydrogen) atoms. The smallest absolute Gasteiger partial charge is 0.150 e. The van der Waals surface area contributed by atoms with Crippen LogP contribution >= 0.6 is 0 Å². The zero-order valence-corrected chi connectivity index (χ0v) is 12.4. The standard InChI is InChI=1S/C14H25NO3S/c16-13-3-8-15(14(13)6-1-2-7-14)11-12-4-9-19(17,18)10-5-12/h12-13,16H,1-11H2. The van der Waals surface area contributed by atoms with E-state index in [-0.39, 0.29) is 11.6 Å². The molecule has 2 saturated heterocycles. The first-order valence-corrected chi connectivity index (χ1v) is 9.48. The molecule has 0 aromatic carbocycles. The van der Waals surface area contributed by atoms with Crippen LogP contribution < -0.4 is 0 Å². The Kier molecular flexibility index (Phi) is 3.65. The molecule has 0 amide bonds. The van der Waals surface area contributed by atoms with E-state index in [1.807, 2.05) is 0 Å². The van der Waals surface area contributed by atoms with Gasteiger partial charge in [-0.1, -0.05) is 12.8 Å². The molecule has 1 aliphatic carbocycles. The summed E-state index contributed by atoms with van der Waals surface area (Å²) in [4.78, 5) is 2.49. The fourth-order valence-corrected chi connectivity index (χ4v) is 5.91. The monoisotopic (exact) mass is 287 g/mol. The summed E-state index contributed by atoms with van der Waals surface area (Å²) in [6, 6.07) is 0. The average Bonchev–Trinajstić information content (AvgIpc) is 2.96. The van der Waals surface area contributed by atoms with E-state index in [9.17, 15) is 13.5 Å². The minimum Gasteiger partial charge on any atom is -0.391 e. The molecule has 1 saturated carbocycles. The predicted molar refractivity (Wildman–Crippen MR) is 74.8 cm³/mol. The first-order valence-electron chi connectivity index (χ1n) is 7.65. The van der Waals surface area contributed by atoms with Crippen LogP contribution in [0.4, 0.5) is 0 Å². The lowest BCUT2D eigenvalue weighted by Gasteiger charge is -2.40. The second-order valence-electron chi connectivity index (χ2n) is 6.66. The summed E-state index contributed by atoms with van der Waals surface area (Å²) in [7, 11) is -2.76. The molecule has 1 unspecified atom stereocenters. The van der Waals surface area contributed by atoms with Crippen LogP contribution in [0.5, 0.6) is 0 Å². The summed E-state index contributed by atoms with van der Waals surface area (Å²) in [5.41, 5.74) is 0.0380. The average molecular weight is 287 g/mol. The molecule has 0 bridgehead atoms. The Balaban J connectivity index is 1.64. The van der Waals surface area contributed by atoms with Gasteiger partial charge in [-0.2, -0.15) is 0 Å². The van der Waals surface area contributed by atoms with Crippen molar-refractivity contribution in [1.29, 1.82) is 0 Å². The number of hydrogen-bond donors (Lipinski definition) is 1. The molecule has 4 nitrogen and oxygen atoms in total. The van der Waals surface area contributed by atoms with E-state index in [1.54, 1.807) is 0 Å². The van der Waals surface area contributed by atoms with Crippen molar-refractivity contribution >= 4 is 9.84 Å². The van der Waals surface area contributed by atoms with E-state index in [0.29, 0.717) is 17.4 Å². The van der Waals surface area contributed by atoms with E-state index in [4.69, 9.17) is 0 Å². The van der Waals surface area contributed by atoms with E-state index >= 15 is 0 Å². The second-order valence-corrected chi connectivity index (χ2v) is 8.96. The van der Waals surface area contributed by atoms with Gasteiger partial charge in [-0.25, -0.2) is 8.42 Å². The quantitative estimate of drug-likeness (QED) is 0.829. The molecule has 110 valence electrons. The number of sulfone groups is 1. The first kappa shape index (κ1) is 13.8. The molecule has 0 aromatic rings. The summed E-state index contributed by atoms with van der Waals surface area (Å²) >= 11 is 0. The molecule has 5 heteroatoms. The number of rotatable bonds is 2. The molecule has 3 fully saturated rings. The van der Waals surface area contributed by atoms with Gasteiger partial charge in [-0.05, 0) is 38.0 Å². The molecule has 3 rings (SSSR count). The second kappa shape index (κ2) is 5.01. The maximum Gasteiger partial charge on any atom is 0.150 e. The highest BCUT2D eigenvalue weighted by Crippen LogP contribution is 2.44. The number of aliphatic hydroxyl groups excluding tert-OH is 1. The minimum absolute atomic E-state index is 0.0380. The third-order valence-corrected chi connectivity index (χ3v) is 7.26. The van der Waals surface area contributed by atoms with Gasteiger partial charge < -0.3 is 5.11 Å². The van der Waals surface area contributed by atoms with E-state index in [2.05, 4.69) is 4.90 Å². The predicted octanol–water partition coefficient (Wildman–Crippen LogP) is 1.19. The van der Waals surface area contributed by atoms with E-state index < -0.39 is 9.84 Å². The molecule has 0 aromatic heterocycles. The van der Waals surface area contributed by atoms with Crippen molar-refractivity contribution in [1.82, 2.24) is 4.90 Å². The highest BCUT2D eigenvalue weighted by atomic mass is 32.2. The Morgan fingerprint density at radius 2 is 1.74 bits per heavy atom. The van der Waals surface area contributed by atoms with Crippen molar-refractivity contribution < 1.29 is 13.5 Å². The van der Waals surface area contributed by atoms with Gasteiger partial charge >= 0.3 is 0 Å². The topological polar surface area (TPSA) is 57.6 Å². The number of likely N-dealkylation sites (tertiary alicyclic amines) is 1. The fraction of sp³-hybridized carbons (Fsp3) is 1.00. The van der Waals surface area contributed by atoms with Gasteiger partial charge in [0.25, 0.3) is 0 Å². The van der Waals surface area contributed by atoms with Crippen LogP contribution in [0.1, 0.15) is 44.9 Å². The van der Waals surface area contributed by atoms with Crippen LogP contribution in [0.25, 0.3) is 0 Å². The molecule has 1 spiro atoms. The molecular formula is C14H25NO3S. The largest absolute Gasteiger partial charge is 0.391 e. The Bertz CT molecular complexity index is 414. The van der Waals surface area contributed by atoms with E-state index in [1.165, 1.54) is 12.8 Å². The van der Waals surface area contributed by atoms with E-state index in [0.717, 1.165) is 45.2 Å². The summed E-state index contributed by atoms with van der Waals surface area (Å²) in [5.74, 6) is 1.23. The summed E-state index contributed by atoms with van der Waals surface area (Å²) in [6.07, 6.45) is 7.06. The number of aliphatic hydroxyl groups is 1. The Labute approximate surface area is 116 Å². The molecule has 2 heterocycles. The third kappa shape index (κ3) is 2.57. The van der Waals surface area contributed by atoms with Crippen molar-refractivity contribution in [2.45, 2.75) is 56.6 Å². The normalized spacial score (nSPS) is 35.1. The van der Waals surface area contributed by atoms with Crippen molar-refractivity contribution in [2.24, 2.45) is 5.92 Å². The molecule has 3 aliphatic rings. The zero-order valence-electron chi connectivity index (χ0n) is 11.6. The van der Waals surface area contributed by atoms with Gasteiger partial charge in [-0.15, -0.1) is 0 Å². The van der Waals surface area contributed by atoms with Crippen LogP contribution in [0.15, 0.2) is 0 Å². The lowest BCUT2D eigenvalue weighted by molar-refractivity contribution is 0.0232. The molecule has 2 aliphatic heterocycles. The van der Waals surface area contributed by atoms with Gasteiger partial charge in [0.15, 0.2) is 0 Å². The molecule has 1 N–H and O–H groups in total. The van der Waals surface area contributed by atoms with Crippen molar-refractivity contribution in [3.8, 4) is 0 Å². The van der Waals surface area contributed by atoms with Crippen LogP contribution in [0.3, 0.4) is 0 Å². The van der Waals surface area contributed by atoms with Crippen LogP contribution in [-0.4, -0.2) is 54.7 Å². The fourth-order valence-electron chi connectivity index (χ4n) is 4.32. The molecule has 1 atom stereocenters. The Morgan fingerprint density at radius 1 is 1.11 bits per heavy atom. The zero-order chi connectivity index (χ0) is 13.5. The highest BCUT2D eigenvalue weighted by Gasteiger charge is 2.49. The maximum absolute atomic E-state index is 11.5. The van der Waals surface area contributed by atoms with Crippen molar-refractivity contribution in [3.05, 3.63) is 0 Å². The SMILES string of the molecule is O=S1(=O)CCC(CN2CCC(O)C23CCCC3)CC1. The van der Waals surface area contributed by atoms with Crippen LogP contribution in [0, 0.1) is 5.92 Å². The van der Waals surface area contributed by atoms with Crippen LogP contribution in [-0.2, 0) is 9.84 Å². The number of nitrogens with zero attached hydrogens (tertiary/aromatic N) is 1. The Morgan fingerprint density at radius 3 is 2.37 bits per heavy atom. The summed E-state index contributed by atoms with van der Waals surface area (Å²) < 4.78 is 23.0. The van der Waals surface area contributed by atoms with Crippen molar-refractivity contribution in [3.63, 3.8) is 0 Å². The minimum atomic E-state index is -2.76. The maximum atomic E-state index is 11.5. The van der Waals surface area contributed by atoms with Crippen molar-refractivity contribution in [2.75, 3.05) is 24.6 Å².